The van der Waals surface area contributed by atoms with Gasteiger partial charge in [0.2, 0.25) is 5.91 Å². The van der Waals surface area contributed by atoms with E-state index in [4.69, 9.17) is 10.5 Å². The smallest absolute Gasteiger partial charge is 0.223 e. The first kappa shape index (κ1) is 15.0. The van der Waals surface area contributed by atoms with E-state index in [0.717, 1.165) is 6.42 Å². The Labute approximate surface area is 120 Å². The molecule has 1 aliphatic rings. The summed E-state index contributed by atoms with van der Waals surface area (Å²) in [6.07, 6.45) is 1.32. The predicted molar refractivity (Wildman–Crippen MR) is 79.5 cm³/mol. The molecule has 110 valence electrons. The summed E-state index contributed by atoms with van der Waals surface area (Å²) in [5, 5.41) is 0. The average Bonchev–Trinajstić information content (AvgIpc) is 2.45. The Hall–Kier alpha value is -1.39. The number of hydrogen-bond acceptors (Lipinski definition) is 3. The number of amides is 1. The Bertz CT molecular complexity index is 462. The summed E-state index contributed by atoms with van der Waals surface area (Å²) in [6, 6.07) is 8.46. The number of carbonyl (C=O) groups excluding carboxylic acids is 1. The Morgan fingerprint density at radius 1 is 1.50 bits per heavy atom. The van der Waals surface area contributed by atoms with Gasteiger partial charge in [0.05, 0.1) is 18.8 Å². The van der Waals surface area contributed by atoms with Crippen molar-refractivity contribution in [1.29, 1.82) is 0 Å². The van der Waals surface area contributed by atoms with Crippen molar-refractivity contribution in [3.63, 3.8) is 0 Å². The quantitative estimate of drug-likeness (QED) is 0.906. The molecule has 0 spiro atoms. The molecule has 2 N–H and O–H groups in total. The van der Waals surface area contributed by atoms with Gasteiger partial charge < -0.3 is 15.4 Å². The zero-order chi connectivity index (χ0) is 14.5. The van der Waals surface area contributed by atoms with E-state index in [1.54, 1.807) is 0 Å². The van der Waals surface area contributed by atoms with Crippen molar-refractivity contribution in [1.82, 2.24) is 4.90 Å². The maximum absolute atomic E-state index is 12.4. The van der Waals surface area contributed by atoms with E-state index in [9.17, 15) is 4.79 Å². The molecule has 1 aromatic rings. The molecule has 4 heteroatoms. The molecule has 1 aliphatic heterocycles. The molecule has 20 heavy (non-hydrogen) atoms. The van der Waals surface area contributed by atoms with E-state index < -0.39 is 0 Å². The summed E-state index contributed by atoms with van der Waals surface area (Å²) in [4.78, 5) is 14.3. The Kier molecular flexibility index (Phi) is 5.15. The molecule has 2 atom stereocenters. The van der Waals surface area contributed by atoms with E-state index in [2.05, 4.69) is 25.1 Å². The van der Waals surface area contributed by atoms with Crippen molar-refractivity contribution in [3.05, 3.63) is 35.4 Å². The molecule has 0 aliphatic carbocycles. The van der Waals surface area contributed by atoms with Crippen LogP contribution >= 0.6 is 0 Å². The largest absolute Gasteiger partial charge is 0.373 e. The minimum Gasteiger partial charge on any atom is -0.373 e. The van der Waals surface area contributed by atoms with Gasteiger partial charge in [0, 0.05) is 19.5 Å². The second-order valence-corrected chi connectivity index (χ2v) is 5.58. The van der Waals surface area contributed by atoms with Gasteiger partial charge in [0.15, 0.2) is 0 Å². The SMILES string of the molecule is Cc1cccc(CCC(=O)N2CC(CN)OCC2C)c1. The van der Waals surface area contributed by atoms with Crippen LogP contribution < -0.4 is 5.73 Å². The number of rotatable bonds is 4. The van der Waals surface area contributed by atoms with Crippen molar-refractivity contribution in [2.45, 2.75) is 38.8 Å². The molecule has 4 nitrogen and oxygen atoms in total. The molecule has 2 rings (SSSR count). The highest BCUT2D eigenvalue weighted by Crippen LogP contribution is 2.14. The van der Waals surface area contributed by atoms with Crippen LogP contribution in [0.4, 0.5) is 0 Å². The van der Waals surface area contributed by atoms with Gasteiger partial charge in [-0.3, -0.25) is 4.79 Å². The van der Waals surface area contributed by atoms with Gasteiger partial charge in [0.1, 0.15) is 0 Å². The van der Waals surface area contributed by atoms with Crippen LogP contribution in [0.1, 0.15) is 24.5 Å². The van der Waals surface area contributed by atoms with Crippen LogP contribution in [0, 0.1) is 6.92 Å². The fourth-order valence-electron chi connectivity index (χ4n) is 2.57. The maximum atomic E-state index is 12.4. The van der Waals surface area contributed by atoms with Crippen molar-refractivity contribution >= 4 is 5.91 Å². The lowest BCUT2D eigenvalue weighted by Gasteiger charge is -2.37. The topological polar surface area (TPSA) is 55.6 Å². The number of ether oxygens (including phenoxy) is 1. The highest BCUT2D eigenvalue weighted by Gasteiger charge is 2.28. The molecule has 0 radical (unpaired) electrons. The molecule has 1 aromatic carbocycles. The number of aryl methyl sites for hydroxylation is 2. The third kappa shape index (κ3) is 3.81. The van der Waals surface area contributed by atoms with Crippen molar-refractivity contribution < 1.29 is 9.53 Å². The molecular formula is C16H24N2O2. The number of hydrogen-bond donors (Lipinski definition) is 1. The molecule has 1 amide bonds. The van der Waals surface area contributed by atoms with Crippen molar-refractivity contribution in [2.75, 3.05) is 19.7 Å². The molecule has 0 saturated carbocycles. The van der Waals surface area contributed by atoms with Crippen molar-refractivity contribution in [3.8, 4) is 0 Å². The molecule has 2 unspecified atom stereocenters. The fourth-order valence-corrected chi connectivity index (χ4v) is 2.57. The standard InChI is InChI=1S/C16H24N2O2/c1-12-4-3-5-14(8-12)6-7-16(19)18-10-15(9-17)20-11-13(18)2/h3-5,8,13,15H,6-7,9-11,17H2,1-2H3. The van der Waals surface area contributed by atoms with Crippen LogP contribution in [0.25, 0.3) is 0 Å². The monoisotopic (exact) mass is 276 g/mol. The second-order valence-electron chi connectivity index (χ2n) is 5.58. The van der Waals surface area contributed by atoms with Crippen LogP contribution in [0.2, 0.25) is 0 Å². The third-order valence-corrected chi connectivity index (χ3v) is 3.80. The minimum atomic E-state index is -0.0193. The number of carbonyl (C=O) groups is 1. The molecule has 0 bridgehead atoms. The zero-order valence-corrected chi connectivity index (χ0v) is 12.3. The van der Waals surface area contributed by atoms with E-state index >= 15 is 0 Å². The summed E-state index contributed by atoms with van der Waals surface area (Å²) in [7, 11) is 0. The number of nitrogens with two attached hydrogens (primary N) is 1. The third-order valence-electron chi connectivity index (χ3n) is 3.80. The highest BCUT2D eigenvalue weighted by atomic mass is 16.5. The predicted octanol–water partition coefficient (Wildman–Crippen LogP) is 1.50. The lowest BCUT2D eigenvalue weighted by atomic mass is 10.1. The van der Waals surface area contributed by atoms with Crippen LogP contribution in [0.3, 0.4) is 0 Å². The zero-order valence-electron chi connectivity index (χ0n) is 12.3. The first-order valence-electron chi connectivity index (χ1n) is 7.27. The Morgan fingerprint density at radius 2 is 2.30 bits per heavy atom. The van der Waals surface area contributed by atoms with Crippen LogP contribution in [0.5, 0.6) is 0 Å². The first-order chi connectivity index (χ1) is 9.60. The Balaban J connectivity index is 1.90. The lowest BCUT2D eigenvalue weighted by molar-refractivity contribution is -0.143. The van der Waals surface area contributed by atoms with Gasteiger partial charge >= 0.3 is 0 Å². The lowest BCUT2D eigenvalue weighted by Crippen LogP contribution is -2.52. The van der Waals surface area contributed by atoms with Gasteiger partial charge in [0.25, 0.3) is 0 Å². The molecule has 1 saturated heterocycles. The molecule has 1 fully saturated rings. The van der Waals surface area contributed by atoms with Crippen LogP contribution in [0.15, 0.2) is 24.3 Å². The number of benzene rings is 1. The minimum absolute atomic E-state index is 0.0193. The van der Waals surface area contributed by atoms with E-state index in [0.29, 0.717) is 26.1 Å². The van der Waals surface area contributed by atoms with E-state index in [-0.39, 0.29) is 18.1 Å². The van der Waals surface area contributed by atoms with E-state index in [1.165, 1.54) is 11.1 Å². The highest BCUT2D eigenvalue weighted by molar-refractivity contribution is 5.77. The summed E-state index contributed by atoms with van der Waals surface area (Å²) < 4.78 is 5.58. The Morgan fingerprint density at radius 3 is 3.00 bits per heavy atom. The molecular weight excluding hydrogens is 252 g/mol. The first-order valence-corrected chi connectivity index (χ1v) is 7.27. The summed E-state index contributed by atoms with van der Waals surface area (Å²) in [5.74, 6) is 0.195. The van der Waals surface area contributed by atoms with Gasteiger partial charge in [-0.2, -0.15) is 0 Å². The molecule has 1 heterocycles. The van der Waals surface area contributed by atoms with Gasteiger partial charge in [-0.1, -0.05) is 29.8 Å². The summed E-state index contributed by atoms with van der Waals surface area (Å²) >= 11 is 0. The van der Waals surface area contributed by atoms with Crippen LogP contribution in [-0.4, -0.2) is 42.6 Å². The van der Waals surface area contributed by atoms with Gasteiger partial charge in [-0.15, -0.1) is 0 Å². The van der Waals surface area contributed by atoms with Gasteiger partial charge in [-0.25, -0.2) is 0 Å². The number of morpholine rings is 1. The number of nitrogens with zero attached hydrogens (tertiary/aromatic N) is 1. The second kappa shape index (κ2) is 6.86. The summed E-state index contributed by atoms with van der Waals surface area (Å²) in [5.41, 5.74) is 8.08. The summed E-state index contributed by atoms with van der Waals surface area (Å²) in [6.45, 7) is 5.76. The fraction of sp³-hybridized carbons (Fsp3) is 0.562. The molecule has 0 aromatic heterocycles. The average molecular weight is 276 g/mol. The van der Waals surface area contributed by atoms with Crippen molar-refractivity contribution in [2.24, 2.45) is 5.73 Å². The van der Waals surface area contributed by atoms with E-state index in [1.807, 2.05) is 17.9 Å². The van der Waals surface area contributed by atoms with Crippen LogP contribution in [-0.2, 0) is 16.0 Å². The normalized spacial score (nSPS) is 22.9. The van der Waals surface area contributed by atoms with Gasteiger partial charge in [-0.05, 0) is 25.8 Å². The maximum Gasteiger partial charge on any atom is 0.223 e.